The number of imide groups is 2. The number of rotatable bonds is 4. The molecule has 0 spiro atoms. The molecule has 1 atom stereocenters. The smallest absolute Gasteiger partial charge is 0.272 e. The highest BCUT2D eigenvalue weighted by Crippen LogP contribution is 2.29. The average Bonchev–Trinajstić information content (AvgIpc) is 2.62. The van der Waals surface area contributed by atoms with Crippen LogP contribution in [-0.4, -0.2) is 39.9 Å². The molecule has 1 saturated heterocycles. The normalized spacial score (nSPS) is 18.2. The number of urea groups is 1. The second-order valence-electron chi connectivity index (χ2n) is 5.40. The molecule has 1 aliphatic heterocycles. The number of nitrogens with zero attached hydrogens (tertiary/aromatic N) is 2. The van der Waals surface area contributed by atoms with Crippen LogP contribution in [0.1, 0.15) is 5.56 Å². The summed E-state index contributed by atoms with van der Waals surface area (Å²) in [6.45, 7) is 0.155. The molecule has 1 unspecified atom stereocenters. The molecule has 6 heteroatoms. The van der Waals surface area contributed by atoms with Crippen LogP contribution in [0.5, 0.6) is 0 Å². The maximum absolute atomic E-state index is 12.7. The van der Waals surface area contributed by atoms with Crippen molar-refractivity contribution < 1.29 is 14.4 Å². The number of hydrogen-bond donors (Lipinski definition) is 0. The van der Waals surface area contributed by atoms with E-state index in [2.05, 4.69) is 0 Å². The first-order valence-electron chi connectivity index (χ1n) is 7.46. The number of amides is 4. The van der Waals surface area contributed by atoms with E-state index >= 15 is 0 Å². The summed E-state index contributed by atoms with van der Waals surface area (Å²) in [6.07, 6.45) is 0. The van der Waals surface area contributed by atoms with Crippen LogP contribution in [0.4, 0.5) is 4.79 Å². The van der Waals surface area contributed by atoms with Gasteiger partial charge in [-0.3, -0.25) is 19.4 Å². The Balaban J connectivity index is 1.85. The number of thioether (sulfide) groups is 1. The van der Waals surface area contributed by atoms with Crippen LogP contribution in [0.3, 0.4) is 0 Å². The fourth-order valence-electron chi connectivity index (χ4n) is 2.44. The second-order valence-corrected chi connectivity index (χ2v) is 6.58. The van der Waals surface area contributed by atoms with E-state index in [4.69, 9.17) is 0 Å². The first-order valence-corrected chi connectivity index (χ1v) is 8.34. The molecule has 1 heterocycles. The molecular formula is C18H16N2O3S. The lowest BCUT2D eigenvalue weighted by atomic mass is 10.2. The lowest BCUT2D eigenvalue weighted by Crippen LogP contribution is -2.59. The molecule has 1 aliphatic rings. The van der Waals surface area contributed by atoms with Gasteiger partial charge in [-0.15, -0.1) is 11.8 Å². The van der Waals surface area contributed by atoms with Crippen LogP contribution in [0, 0.1) is 0 Å². The Labute approximate surface area is 144 Å². The van der Waals surface area contributed by atoms with E-state index in [1.165, 1.54) is 18.8 Å². The fourth-order valence-corrected chi connectivity index (χ4v) is 3.51. The summed E-state index contributed by atoms with van der Waals surface area (Å²) in [7, 11) is 1.41. The standard InChI is InChI=1S/C18H16N2O3S/c1-19-16(21)15(24-14-10-6-3-7-11-14)17(22)20(18(19)23)12-13-8-4-2-5-9-13/h2-11,15H,12H2,1H3. The summed E-state index contributed by atoms with van der Waals surface area (Å²) >= 11 is 1.17. The molecule has 122 valence electrons. The first-order chi connectivity index (χ1) is 11.6. The Hall–Kier alpha value is -2.60. The van der Waals surface area contributed by atoms with Gasteiger partial charge < -0.3 is 0 Å². The maximum Gasteiger partial charge on any atom is 0.333 e. The van der Waals surface area contributed by atoms with Crippen molar-refractivity contribution in [3.63, 3.8) is 0 Å². The van der Waals surface area contributed by atoms with Gasteiger partial charge in [0.2, 0.25) is 0 Å². The Morgan fingerprint density at radius 3 is 2.08 bits per heavy atom. The molecule has 1 fully saturated rings. The van der Waals surface area contributed by atoms with Crippen LogP contribution in [0.2, 0.25) is 0 Å². The minimum Gasteiger partial charge on any atom is -0.272 e. The third-order valence-corrected chi connectivity index (χ3v) is 4.93. The van der Waals surface area contributed by atoms with E-state index in [1.54, 1.807) is 0 Å². The second kappa shape index (κ2) is 6.88. The Kier molecular flexibility index (Phi) is 4.66. The fraction of sp³-hybridized carbons (Fsp3) is 0.167. The van der Waals surface area contributed by atoms with Crippen LogP contribution in [0.25, 0.3) is 0 Å². The summed E-state index contributed by atoms with van der Waals surface area (Å²) in [5.74, 6) is -0.955. The monoisotopic (exact) mass is 340 g/mol. The van der Waals surface area contributed by atoms with Gasteiger partial charge in [0.25, 0.3) is 11.8 Å². The van der Waals surface area contributed by atoms with Gasteiger partial charge in [0.05, 0.1) is 6.54 Å². The van der Waals surface area contributed by atoms with E-state index in [1.807, 2.05) is 60.7 Å². The van der Waals surface area contributed by atoms with Crippen LogP contribution in [0.15, 0.2) is 65.6 Å². The average molecular weight is 340 g/mol. The molecule has 2 aromatic carbocycles. The van der Waals surface area contributed by atoms with Crippen molar-refractivity contribution in [2.45, 2.75) is 16.7 Å². The van der Waals surface area contributed by atoms with Gasteiger partial charge in [-0.1, -0.05) is 48.5 Å². The zero-order chi connectivity index (χ0) is 17.1. The quantitative estimate of drug-likeness (QED) is 0.803. The van der Waals surface area contributed by atoms with E-state index in [-0.39, 0.29) is 6.54 Å². The highest BCUT2D eigenvalue weighted by Gasteiger charge is 2.44. The van der Waals surface area contributed by atoms with E-state index in [0.717, 1.165) is 20.3 Å². The van der Waals surface area contributed by atoms with Gasteiger partial charge in [0.1, 0.15) is 0 Å². The molecule has 24 heavy (non-hydrogen) atoms. The topological polar surface area (TPSA) is 57.7 Å². The van der Waals surface area contributed by atoms with Crippen molar-refractivity contribution in [3.05, 3.63) is 66.2 Å². The molecular weight excluding hydrogens is 324 g/mol. The molecule has 0 aliphatic carbocycles. The zero-order valence-electron chi connectivity index (χ0n) is 13.1. The minimum atomic E-state index is -0.946. The lowest BCUT2D eigenvalue weighted by molar-refractivity contribution is -0.141. The van der Waals surface area contributed by atoms with E-state index < -0.39 is 23.1 Å². The number of carbonyl (C=O) groups is 3. The van der Waals surface area contributed by atoms with Crippen molar-refractivity contribution >= 4 is 29.6 Å². The van der Waals surface area contributed by atoms with Crippen molar-refractivity contribution in [1.29, 1.82) is 0 Å². The summed E-state index contributed by atoms with van der Waals surface area (Å²) < 4.78 is 0. The zero-order valence-corrected chi connectivity index (χ0v) is 13.9. The molecule has 3 rings (SSSR count). The maximum atomic E-state index is 12.7. The molecule has 0 bridgehead atoms. The third-order valence-electron chi connectivity index (χ3n) is 3.74. The van der Waals surface area contributed by atoms with Gasteiger partial charge in [-0.25, -0.2) is 4.79 Å². The van der Waals surface area contributed by atoms with Crippen LogP contribution in [-0.2, 0) is 16.1 Å². The molecule has 0 N–H and O–H groups in total. The summed E-state index contributed by atoms with van der Waals surface area (Å²) in [4.78, 5) is 40.4. The molecule has 4 amide bonds. The largest absolute Gasteiger partial charge is 0.333 e. The van der Waals surface area contributed by atoms with Crippen LogP contribution < -0.4 is 0 Å². The first kappa shape index (κ1) is 16.3. The van der Waals surface area contributed by atoms with Crippen molar-refractivity contribution in [3.8, 4) is 0 Å². The number of hydrogen-bond acceptors (Lipinski definition) is 4. The molecule has 0 radical (unpaired) electrons. The summed E-state index contributed by atoms with van der Waals surface area (Å²) in [5.41, 5.74) is 0.838. The molecule has 2 aromatic rings. The predicted molar refractivity (Wildman–Crippen MR) is 91.2 cm³/mol. The Morgan fingerprint density at radius 1 is 0.875 bits per heavy atom. The van der Waals surface area contributed by atoms with E-state index in [9.17, 15) is 14.4 Å². The summed E-state index contributed by atoms with van der Waals surface area (Å²) in [6, 6.07) is 17.9. The predicted octanol–water partition coefficient (Wildman–Crippen LogP) is 2.77. The number of barbiturate groups is 1. The Morgan fingerprint density at radius 2 is 1.46 bits per heavy atom. The minimum absolute atomic E-state index is 0.155. The highest BCUT2D eigenvalue weighted by atomic mass is 32.2. The number of carbonyl (C=O) groups excluding carboxylic acids is 3. The van der Waals surface area contributed by atoms with E-state index in [0.29, 0.717) is 0 Å². The van der Waals surface area contributed by atoms with Crippen LogP contribution >= 0.6 is 11.8 Å². The SMILES string of the molecule is CN1C(=O)C(Sc2ccccc2)C(=O)N(Cc2ccccc2)C1=O. The molecule has 0 aromatic heterocycles. The van der Waals surface area contributed by atoms with Gasteiger partial charge in [0.15, 0.2) is 5.25 Å². The van der Waals surface area contributed by atoms with Crippen molar-refractivity contribution in [2.75, 3.05) is 7.05 Å². The number of benzene rings is 2. The van der Waals surface area contributed by atoms with Gasteiger partial charge in [-0.05, 0) is 17.7 Å². The summed E-state index contributed by atoms with van der Waals surface area (Å²) in [5, 5.41) is -0.946. The van der Waals surface area contributed by atoms with Crippen molar-refractivity contribution in [2.24, 2.45) is 0 Å². The van der Waals surface area contributed by atoms with Gasteiger partial charge >= 0.3 is 6.03 Å². The highest BCUT2D eigenvalue weighted by molar-refractivity contribution is 8.01. The van der Waals surface area contributed by atoms with Gasteiger partial charge in [-0.2, -0.15) is 0 Å². The third kappa shape index (κ3) is 3.19. The molecule has 0 saturated carbocycles. The van der Waals surface area contributed by atoms with Crippen molar-refractivity contribution in [1.82, 2.24) is 9.80 Å². The Bertz CT molecular complexity index is 701. The lowest BCUT2D eigenvalue weighted by Gasteiger charge is -2.34. The molecule has 5 nitrogen and oxygen atoms in total. The van der Waals surface area contributed by atoms with Gasteiger partial charge in [0, 0.05) is 11.9 Å².